The van der Waals surface area contributed by atoms with E-state index in [4.69, 9.17) is 16.0 Å². The molecular formula is C17H20ClNO2. The molecule has 0 aliphatic rings. The Bertz CT molecular complexity index is 623. The van der Waals surface area contributed by atoms with Gasteiger partial charge in [-0.25, -0.2) is 0 Å². The third-order valence-corrected chi connectivity index (χ3v) is 3.78. The summed E-state index contributed by atoms with van der Waals surface area (Å²) in [5.74, 6) is -0.235. The Morgan fingerprint density at radius 1 is 1.19 bits per heavy atom. The molecule has 0 aliphatic heterocycles. The van der Waals surface area contributed by atoms with E-state index in [-0.39, 0.29) is 22.6 Å². The molecule has 0 saturated carbocycles. The van der Waals surface area contributed by atoms with Crippen molar-refractivity contribution in [1.29, 1.82) is 0 Å². The highest BCUT2D eigenvalue weighted by atomic mass is 35.5. The van der Waals surface area contributed by atoms with Crippen LogP contribution in [0.1, 0.15) is 55.2 Å². The van der Waals surface area contributed by atoms with Crippen LogP contribution >= 0.6 is 11.6 Å². The molecule has 112 valence electrons. The van der Waals surface area contributed by atoms with Gasteiger partial charge >= 0.3 is 0 Å². The summed E-state index contributed by atoms with van der Waals surface area (Å²) < 4.78 is 4.93. The van der Waals surface area contributed by atoms with Crippen molar-refractivity contribution in [3.05, 3.63) is 58.5 Å². The van der Waals surface area contributed by atoms with Crippen LogP contribution in [-0.2, 0) is 5.41 Å². The van der Waals surface area contributed by atoms with E-state index in [9.17, 15) is 4.79 Å². The Morgan fingerprint density at radius 3 is 2.29 bits per heavy atom. The lowest BCUT2D eigenvalue weighted by Gasteiger charge is -2.20. The minimum absolute atomic E-state index is 0.0996. The second-order valence-electron chi connectivity index (χ2n) is 6.18. The standard InChI is InChI=1S/C17H20ClNO2/c1-11(19-16(20)14-9-10-21-15(14)18)12-5-7-13(8-6-12)17(2,3)4/h5-11H,1-4H3,(H,19,20). The van der Waals surface area contributed by atoms with Gasteiger partial charge in [-0.15, -0.1) is 0 Å². The van der Waals surface area contributed by atoms with Gasteiger partial charge in [-0.2, -0.15) is 0 Å². The molecule has 1 N–H and O–H groups in total. The van der Waals surface area contributed by atoms with Gasteiger partial charge in [0.15, 0.2) is 0 Å². The number of carbonyl (C=O) groups excluding carboxylic acids is 1. The molecule has 2 rings (SSSR count). The maximum absolute atomic E-state index is 12.1. The quantitative estimate of drug-likeness (QED) is 0.891. The molecule has 1 heterocycles. The monoisotopic (exact) mass is 305 g/mol. The lowest BCUT2D eigenvalue weighted by atomic mass is 9.86. The minimum atomic E-state index is -0.235. The van der Waals surface area contributed by atoms with Crippen LogP contribution in [0.3, 0.4) is 0 Å². The largest absolute Gasteiger partial charge is 0.452 e. The predicted octanol–water partition coefficient (Wildman–Crippen LogP) is 4.72. The molecule has 1 aromatic heterocycles. The molecule has 0 radical (unpaired) electrons. The van der Waals surface area contributed by atoms with Gasteiger partial charge in [0.2, 0.25) is 5.22 Å². The van der Waals surface area contributed by atoms with Crippen molar-refractivity contribution in [1.82, 2.24) is 5.32 Å². The van der Waals surface area contributed by atoms with Crippen LogP contribution in [0, 0.1) is 0 Å². The van der Waals surface area contributed by atoms with Crippen LogP contribution < -0.4 is 5.32 Å². The summed E-state index contributed by atoms with van der Waals surface area (Å²) in [5, 5.41) is 3.03. The number of hydrogen-bond acceptors (Lipinski definition) is 2. The van der Waals surface area contributed by atoms with Crippen LogP contribution in [0.2, 0.25) is 5.22 Å². The number of nitrogens with one attached hydrogen (secondary N) is 1. The van der Waals surface area contributed by atoms with Crippen LogP contribution in [0.15, 0.2) is 41.0 Å². The van der Waals surface area contributed by atoms with Gasteiger partial charge < -0.3 is 9.73 Å². The van der Waals surface area contributed by atoms with Gasteiger partial charge in [-0.05, 0) is 41.1 Å². The third kappa shape index (κ3) is 3.67. The van der Waals surface area contributed by atoms with E-state index in [1.54, 1.807) is 6.07 Å². The highest BCUT2D eigenvalue weighted by Gasteiger charge is 2.17. The Kier molecular flexibility index (Phi) is 4.43. The number of amides is 1. The van der Waals surface area contributed by atoms with Gasteiger partial charge in [0.1, 0.15) is 0 Å². The van der Waals surface area contributed by atoms with Crippen LogP contribution in [0.25, 0.3) is 0 Å². The fourth-order valence-corrected chi connectivity index (χ4v) is 2.29. The molecule has 21 heavy (non-hydrogen) atoms. The summed E-state index contributed by atoms with van der Waals surface area (Å²) >= 11 is 5.81. The van der Waals surface area contributed by atoms with Crippen molar-refractivity contribution in [3.63, 3.8) is 0 Å². The topological polar surface area (TPSA) is 42.2 Å². The molecule has 0 aliphatic carbocycles. The minimum Gasteiger partial charge on any atom is -0.452 e. The molecule has 2 aromatic rings. The van der Waals surface area contributed by atoms with Crippen LogP contribution in [0.4, 0.5) is 0 Å². The van der Waals surface area contributed by atoms with Crippen molar-refractivity contribution in [2.75, 3.05) is 0 Å². The highest BCUT2D eigenvalue weighted by molar-refractivity contribution is 6.32. The summed E-state index contributed by atoms with van der Waals surface area (Å²) in [6.07, 6.45) is 1.40. The smallest absolute Gasteiger partial charge is 0.256 e. The van der Waals surface area contributed by atoms with E-state index in [1.165, 1.54) is 11.8 Å². The molecule has 1 amide bonds. The van der Waals surface area contributed by atoms with Gasteiger partial charge in [0, 0.05) is 0 Å². The molecule has 0 bridgehead atoms. The maximum atomic E-state index is 12.1. The summed E-state index contributed by atoms with van der Waals surface area (Å²) in [6, 6.07) is 9.75. The number of rotatable bonds is 3. The SMILES string of the molecule is CC(NC(=O)c1ccoc1Cl)c1ccc(C(C)(C)C)cc1. The molecule has 0 fully saturated rings. The van der Waals surface area contributed by atoms with Crippen LogP contribution in [-0.4, -0.2) is 5.91 Å². The molecule has 0 spiro atoms. The average Bonchev–Trinajstić information content (AvgIpc) is 2.84. The number of carbonyl (C=O) groups is 1. The average molecular weight is 306 g/mol. The fourth-order valence-electron chi connectivity index (χ4n) is 2.09. The first-order chi connectivity index (χ1) is 9.79. The van der Waals surface area contributed by atoms with E-state index in [0.717, 1.165) is 5.56 Å². The zero-order valence-electron chi connectivity index (χ0n) is 12.7. The third-order valence-electron chi connectivity index (χ3n) is 3.49. The first-order valence-corrected chi connectivity index (χ1v) is 7.31. The van der Waals surface area contributed by atoms with E-state index < -0.39 is 0 Å². The van der Waals surface area contributed by atoms with Crippen LogP contribution in [0.5, 0.6) is 0 Å². The summed E-state index contributed by atoms with van der Waals surface area (Å²) in [7, 11) is 0. The van der Waals surface area contributed by atoms with Crippen molar-refractivity contribution in [2.24, 2.45) is 0 Å². The van der Waals surface area contributed by atoms with Crippen molar-refractivity contribution in [2.45, 2.75) is 39.2 Å². The van der Waals surface area contributed by atoms with Crippen molar-refractivity contribution < 1.29 is 9.21 Å². The van der Waals surface area contributed by atoms with E-state index >= 15 is 0 Å². The van der Waals surface area contributed by atoms with E-state index in [1.807, 2.05) is 19.1 Å². The number of benzene rings is 1. The normalized spacial score (nSPS) is 13.0. The maximum Gasteiger partial charge on any atom is 0.256 e. The first-order valence-electron chi connectivity index (χ1n) is 6.93. The van der Waals surface area contributed by atoms with Gasteiger partial charge in [-0.3, -0.25) is 4.79 Å². The fraction of sp³-hybridized carbons (Fsp3) is 0.353. The second kappa shape index (κ2) is 5.94. The lowest BCUT2D eigenvalue weighted by molar-refractivity contribution is 0.0939. The number of hydrogen-bond donors (Lipinski definition) is 1. The van der Waals surface area contributed by atoms with Crippen molar-refractivity contribution >= 4 is 17.5 Å². The number of furan rings is 1. The molecule has 1 unspecified atom stereocenters. The summed E-state index contributed by atoms with van der Waals surface area (Å²) in [6.45, 7) is 8.47. The van der Waals surface area contributed by atoms with E-state index in [2.05, 4.69) is 38.2 Å². The number of halogens is 1. The highest BCUT2D eigenvalue weighted by Crippen LogP contribution is 2.24. The second-order valence-corrected chi connectivity index (χ2v) is 6.52. The Balaban J connectivity index is 2.09. The first kappa shape index (κ1) is 15.6. The Morgan fingerprint density at radius 2 is 1.81 bits per heavy atom. The van der Waals surface area contributed by atoms with Gasteiger partial charge in [-0.1, -0.05) is 45.0 Å². The molecule has 0 saturated heterocycles. The van der Waals surface area contributed by atoms with E-state index in [0.29, 0.717) is 5.56 Å². The molecule has 1 aromatic carbocycles. The Labute approximate surface area is 130 Å². The molecule has 4 heteroatoms. The van der Waals surface area contributed by atoms with Gasteiger partial charge in [0.05, 0.1) is 17.9 Å². The summed E-state index contributed by atoms with van der Waals surface area (Å²) in [5.41, 5.74) is 2.79. The van der Waals surface area contributed by atoms with Gasteiger partial charge in [0.25, 0.3) is 5.91 Å². The van der Waals surface area contributed by atoms with Crippen molar-refractivity contribution in [3.8, 4) is 0 Å². The molecular weight excluding hydrogens is 286 g/mol. The Hall–Kier alpha value is -1.74. The molecule has 1 atom stereocenters. The predicted molar refractivity (Wildman–Crippen MR) is 84.7 cm³/mol. The lowest BCUT2D eigenvalue weighted by Crippen LogP contribution is -2.26. The molecule has 3 nitrogen and oxygen atoms in total. The zero-order valence-corrected chi connectivity index (χ0v) is 13.5. The summed E-state index contributed by atoms with van der Waals surface area (Å²) in [4.78, 5) is 12.1. The zero-order chi connectivity index (χ0) is 15.6.